The van der Waals surface area contributed by atoms with Crippen LogP contribution >= 0.6 is 34.2 Å². The molecular formula is C13H9ClFIN2O. The highest BCUT2D eigenvalue weighted by Gasteiger charge is 2.13. The van der Waals surface area contributed by atoms with Gasteiger partial charge in [0, 0.05) is 9.26 Å². The second-order valence-electron chi connectivity index (χ2n) is 3.91. The first kappa shape index (κ1) is 14.2. The maximum Gasteiger partial charge on any atom is 0.258 e. The molecule has 2 aromatic rings. The molecule has 0 saturated heterocycles. The summed E-state index contributed by atoms with van der Waals surface area (Å²) in [6.07, 6.45) is 0.968. The molecule has 0 aliphatic carbocycles. The molecule has 98 valence electrons. The first-order valence-electron chi connectivity index (χ1n) is 5.36. The fourth-order valence-electron chi connectivity index (χ4n) is 1.54. The fraction of sp³-hybridized carbons (Fsp3) is 0.0769. The molecule has 0 radical (unpaired) electrons. The summed E-state index contributed by atoms with van der Waals surface area (Å²) in [5.74, 6) is -1.09. The van der Waals surface area contributed by atoms with E-state index in [9.17, 15) is 9.18 Å². The number of anilines is 1. The number of nitrogens with zero attached hydrogens (tertiary/aromatic N) is 1. The van der Waals surface area contributed by atoms with Crippen molar-refractivity contribution in [2.75, 3.05) is 5.32 Å². The number of halogens is 3. The molecule has 3 nitrogen and oxygen atoms in total. The Morgan fingerprint density at radius 3 is 2.84 bits per heavy atom. The Balaban J connectivity index is 2.28. The Morgan fingerprint density at radius 2 is 2.16 bits per heavy atom. The number of benzene rings is 1. The van der Waals surface area contributed by atoms with E-state index in [4.69, 9.17) is 11.6 Å². The van der Waals surface area contributed by atoms with Gasteiger partial charge >= 0.3 is 0 Å². The molecule has 0 spiro atoms. The van der Waals surface area contributed by atoms with Gasteiger partial charge in [0.15, 0.2) is 0 Å². The number of carbonyl (C=O) groups excluding carboxylic acids is 1. The van der Waals surface area contributed by atoms with Gasteiger partial charge < -0.3 is 5.32 Å². The molecule has 1 N–H and O–H groups in total. The van der Waals surface area contributed by atoms with Crippen molar-refractivity contribution in [1.29, 1.82) is 0 Å². The Hall–Kier alpha value is -1.21. The van der Waals surface area contributed by atoms with Gasteiger partial charge in [0.05, 0.1) is 11.8 Å². The third kappa shape index (κ3) is 3.42. The lowest BCUT2D eigenvalue weighted by Gasteiger charge is -2.09. The van der Waals surface area contributed by atoms with Gasteiger partial charge in [-0.3, -0.25) is 4.79 Å². The molecule has 1 heterocycles. The van der Waals surface area contributed by atoms with E-state index >= 15 is 0 Å². The normalized spacial score (nSPS) is 10.3. The summed E-state index contributed by atoms with van der Waals surface area (Å²) < 4.78 is 14.1. The fourth-order valence-corrected chi connectivity index (χ4v) is 2.37. The Labute approximate surface area is 128 Å². The van der Waals surface area contributed by atoms with Gasteiger partial charge in [0.1, 0.15) is 11.0 Å². The summed E-state index contributed by atoms with van der Waals surface area (Å²) in [5, 5.41) is 2.66. The molecule has 0 bridgehead atoms. The first-order valence-corrected chi connectivity index (χ1v) is 6.81. The van der Waals surface area contributed by atoms with Crippen molar-refractivity contribution in [3.63, 3.8) is 0 Å². The van der Waals surface area contributed by atoms with Crippen LogP contribution in [0.25, 0.3) is 0 Å². The van der Waals surface area contributed by atoms with Crippen LogP contribution in [-0.4, -0.2) is 10.9 Å². The van der Waals surface area contributed by atoms with Gasteiger partial charge in [-0.2, -0.15) is 0 Å². The molecule has 0 fully saturated rings. The van der Waals surface area contributed by atoms with Gasteiger partial charge in [-0.1, -0.05) is 11.6 Å². The number of aryl methyl sites for hydroxylation is 1. The van der Waals surface area contributed by atoms with Crippen LogP contribution in [0.15, 0.2) is 30.5 Å². The Morgan fingerprint density at radius 1 is 1.42 bits per heavy atom. The summed E-state index contributed by atoms with van der Waals surface area (Å²) in [6.45, 7) is 1.88. The molecule has 0 aliphatic rings. The SMILES string of the molecule is Cc1cc(I)ccc1NC(=O)c1cc(F)cnc1Cl. The smallest absolute Gasteiger partial charge is 0.258 e. The number of nitrogens with one attached hydrogen (secondary N) is 1. The predicted molar refractivity (Wildman–Crippen MR) is 81.1 cm³/mol. The van der Waals surface area contributed by atoms with Crippen molar-refractivity contribution in [2.45, 2.75) is 6.92 Å². The van der Waals surface area contributed by atoms with E-state index < -0.39 is 11.7 Å². The van der Waals surface area contributed by atoms with Crippen molar-refractivity contribution in [1.82, 2.24) is 4.98 Å². The van der Waals surface area contributed by atoms with Crippen LogP contribution in [0.1, 0.15) is 15.9 Å². The summed E-state index contributed by atoms with van der Waals surface area (Å²) >= 11 is 7.97. The van der Waals surface area contributed by atoms with E-state index in [0.29, 0.717) is 5.69 Å². The van der Waals surface area contributed by atoms with Crippen molar-refractivity contribution in [3.8, 4) is 0 Å². The largest absolute Gasteiger partial charge is 0.322 e. The van der Waals surface area contributed by atoms with Crippen molar-refractivity contribution in [3.05, 3.63) is 56.1 Å². The van der Waals surface area contributed by atoms with Gasteiger partial charge in [-0.25, -0.2) is 9.37 Å². The van der Waals surface area contributed by atoms with Crippen LogP contribution in [0.3, 0.4) is 0 Å². The molecule has 1 aromatic carbocycles. The molecule has 0 unspecified atom stereocenters. The van der Waals surface area contributed by atoms with E-state index in [2.05, 4.69) is 32.9 Å². The topological polar surface area (TPSA) is 42.0 Å². The molecule has 0 atom stereocenters. The molecule has 0 saturated carbocycles. The molecular weight excluding hydrogens is 382 g/mol. The number of aromatic nitrogens is 1. The third-order valence-corrected chi connectivity index (χ3v) is 3.46. The zero-order valence-electron chi connectivity index (χ0n) is 9.88. The highest BCUT2D eigenvalue weighted by Crippen LogP contribution is 2.20. The van der Waals surface area contributed by atoms with E-state index in [0.717, 1.165) is 21.4 Å². The molecule has 6 heteroatoms. The van der Waals surface area contributed by atoms with Gasteiger partial charge in [0.25, 0.3) is 5.91 Å². The number of amides is 1. The number of carbonyl (C=O) groups is 1. The Bertz CT molecular complexity index is 649. The third-order valence-electron chi connectivity index (χ3n) is 2.49. The highest BCUT2D eigenvalue weighted by molar-refractivity contribution is 14.1. The van der Waals surface area contributed by atoms with Crippen LogP contribution in [0.4, 0.5) is 10.1 Å². The zero-order valence-corrected chi connectivity index (χ0v) is 12.8. The average molecular weight is 391 g/mol. The number of hydrogen-bond acceptors (Lipinski definition) is 2. The van der Waals surface area contributed by atoms with Crippen molar-refractivity contribution >= 4 is 45.8 Å². The molecule has 1 amide bonds. The lowest BCUT2D eigenvalue weighted by atomic mass is 10.2. The number of rotatable bonds is 2. The van der Waals surface area contributed by atoms with Crippen LogP contribution in [0.2, 0.25) is 5.15 Å². The predicted octanol–water partition coefficient (Wildman–Crippen LogP) is 4.04. The van der Waals surface area contributed by atoms with Gasteiger partial charge in [0.2, 0.25) is 0 Å². The Kier molecular flexibility index (Phi) is 4.36. The van der Waals surface area contributed by atoms with E-state index in [1.54, 1.807) is 6.07 Å². The van der Waals surface area contributed by atoms with Gasteiger partial charge in [-0.15, -0.1) is 0 Å². The summed E-state index contributed by atoms with van der Waals surface area (Å²) in [7, 11) is 0. The summed E-state index contributed by atoms with van der Waals surface area (Å²) in [6, 6.07) is 6.65. The van der Waals surface area contributed by atoms with E-state index in [1.807, 2.05) is 19.1 Å². The van der Waals surface area contributed by atoms with Crippen LogP contribution in [0, 0.1) is 16.3 Å². The second kappa shape index (κ2) is 5.83. The second-order valence-corrected chi connectivity index (χ2v) is 5.51. The molecule has 1 aromatic heterocycles. The summed E-state index contributed by atoms with van der Waals surface area (Å²) in [5.41, 5.74) is 1.59. The standard InChI is InChI=1S/C13H9ClFIN2O/c1-7-4-9(16)2-3-11(7)18-13(19)10-5-8(15)6-17-12(10)14/h2-6H,1H3,(H,18,19). The van der Waals surface area contributed by atoms with Gasteiger partial charge in [-0.05, 0) is 59.3 Å². The molecule has 19 heavy (non-hydrogen) atoms. The van der Waals surface area contributed by atoms with E-state index in [-0.39, 0.29) is 10.7 Å². The summed E-state index contributed by atoms with van der Waals surface area (Å²) in [4.78, 5) is 15.6. The molecule has 2 rings (SSSR count). The monoisotopic (exact) mass is 390 g/mol. The zero-order chi connectivity index (χ0) is 14.0. The van der Waals surface area contributed by atoms with E-state index in [1.165, 1.54) is 0 Å². The molecule has 0 aliphatic heterocycles. The van der Waals surface area contributed by atoms with Crippen molar-refractivity contribution < 1.29 is 9.18 Å². The lowest BCUT2D eigenvalue weighted by molar-refractivity contribution is 0.102. The first-order chi connectivity index (χ1) is 8.97. The maximum absolute atomic E-state index is 13.1. The quantitative estimate of drug-likeness (QED) is 0.621. The average Bonchev–Trinajstić information content (AvgIpc) is 2.35. The minimum Gasteiger partial charge on any atom is -0.322 e. The van der Waals surface area contributed by atoms with Crippen LogP contribution in [-0.2, 0) is 0 Å². The van der Waals surface area contributed by atoms with Crippen LogP contribution < -0.4 is 5.32 Å². The highest BCUT2D eigenvalue weighted by atomic mass is 127. The minimum atomic E-state index is -0.603. The maximum atomic E-state index is 13.1. The minimum absolute atomic E-state index is 0.0135. The van der Waals surface area contributed by atoms with Crippen LogP contribution in [0.5, 0.6) is 0 Å². The number of pyridine rings is 1. The van der Waals surface area contributed by atoms with Crippen molar-refractivity contribution in [2.24, 2.45) is 0 Å². The lowest BCUT2D eigenvalue weighted by Crippen LogP contribution is -2.14. The number of hydrogen-bond donors (Lipinski definition) is 1.